The van der Waals surface area contributed by atoms with Gasteiger partial charge in [-0.25, -0.2) is 0 Å². The van der Waals surface area contributed by atoms with E-state index in [1.165, 1.54) is 4.88 Å². The van der Waals surface area contributed by atoms with Crippen LogP contribution in [0.15, 0.2) is 12.1 Å². The highest BCUT2D eigenvalue weighted by Crippen LogP contribution is 2.30. The summed E-state index contributed by atoms with van der Waals surface area (Å²) in [6.07, 6.45) is 0.290. The van der Waals surface area contributed by atoms with E-state index in [0.29, 0.717) is 12.6 Å². The third-order valence-electron chi connectivity index (χ3n) is 2.86. The van der Waals surface area contributed by atoms with E-state index in [1.54, 1.807) is 11.3 Å². The lowest BCUT2D eigenvalue weighted by molar-refractivity contribution is -0.0328. The van der Waals surface area contributed by atoms with Gasteiger partial charge in [0.1, 0.15) is 0 Å². The molecule has 0 amide bonds. The third kappa shape index (κ3) is 2.76. The number of nitrogens with zero attached hydrogens (tertiary/aromatic N) is 1. The first-order valence-electron chi connectivity index (χ1n) is 5.51. The Balaban J connectivity index is 2.09. The van der Waals surface area contributed by atoms with Crippen LogP contribution in [-0.4, -0.2) is 37.2 Å². The lowest BCUT2D eigenvalue weighted by Crippen LogP contribution is -2.44. The summed E-state index contributed by atoms with van der Waals surface area (Å²) in [5, 5.41) is 0. The number of ether oxygens (including phenoxy) is 1. The Labute approximate surface area is 105 Å². The number of hydrogen-bond donors (Lipinski definition) is 1. The highest BCUT2D eigenvalue weighted by atomic mass is 35.5. The summed E-state index contributed by atoms with van der Waals surface area (Å²) in [4.78, 5) is 3.64. The molecule has 2 atom stereocenters. The summed E-state index contributed by atoms with van der Waals surface area (Å²) in [5.74, 6) is 0. The van der Waals surface area contributed by atoms with E-state index in [1.807, 2.05) is 6.07 Å². The molecule has 0 radical (unpaired) electrons. The van der Waals surface area contributed by atoms with Gasteiger partial charge in [-0.3, -0.25) is 4.90 Å². The fraction of sp³-hybridized carbons (Fsp3) is 0.636. The standard InChI is InChI=1S/C11H17ClN2OS/c1-8-7-14(4-5-15-8)9(6-13)10-2-3-11(12)16-10/h2-3,8-9H,4-7,13H2,1H3. The number of morpholine rings is 1. The Morgan fingerprint density at radius 2 is 2.50 bits per heavy atom. The second-order valence-corrected chi connectivity index (χ2v) is 5.82. The summed E-state index contributed by atoms with van der Waals surface area (Å²) in [6.45, 7) is 5.40. The maximum atomic E-state index is 5.96. The van der Waals surface area contributed by atoms with Crippen molar-refractivity contribution in [1.29, 1.82) is 0 Å². The highest BCUT2D eigenvalue weighted by Gasteiger charge is 2.25. The van der Waals surface area contributed by atoms with Gasteiger partial charge in [0.15, 0.2) is 0 Å². The average Bonchev–Trinajstić information content (AvgIpc) is 2.66. The molecule has 0 saturated carbocycles. The van der Waals surface area contributed by atoms with E-state index in [9.17, 15) is 0 Å². The molecule has 1 aromatic rings. The first-order valence-corrected chi connectivity index (χ1v) is 6.71. The number of rotatable bonds is 3. The second-order valence-electron chi connectivity index (χ2n) is 4.07. The maximum Gasteiger partial charge on any atom is 0.0931 e. The van der Waals surface area contributed by atoms with E-state index < -0.39 is 0 Å². The van der Waals surface area contributed by atoms with Gasteiger partial charge >= 0.3 is 0 Å². The van der Waals surface area contributed by atoms with Crippen molar-refractivity contribution >= 4 is 22.9 Å². The van der Waals surface area contributed by atoms with E-state index in [2.05, 4.69) is 17.9 Å². The number of thiophene rings is 1. The molecular weight excluding hydrogens is 244 g/mol. The van der Waals surface area contributed by atoms with Gasteiger partial charge in [0, 0.05) is 24.5 Å². The van der Waals surface area contributed by atoms with Crippen LogP contribution in [0.2, 0.25) is 4.34 Å². The van der Waals surface area contributed by atoms with Crippen LogP contribution in [-0.2, 0) is 4.74 Å². The smallest absolute Gasteiger partial charge is 0.0931 e. The molecule has 1 aliphatic heterocycles. The molecule has 90 valence electrons. The van der Waals surface area contributed by atoms with Gasteiger partial charge in [0.2, 0.25) is 0 Å². The van der Waals surface area contributed by atoms with Crippen molar-refractivity contribution in [3.05, 3.63) is 21.3 Å². The molecule has 5 heteroatoms. The molecule has 1 aromatic heterocycles. The third-order valence-corrected chi connectivity index (χ3v) is 4.19. The lowest BCUT2D eigenvalue weighted by Gasteiger charge is -2.36. The zero-order valence-electron chi connectivity index (χ0n) is 9.36. The zero-order chi connectivity index (χ0) is 11.5. The van der Waals surface area contributed by atoms with Crippen molar-refractivity contribution in [2.24, 2.45) is 5.73 Å². The Bertz CT molecular complexity index is 344. The van der Waals surface area contributed by atoms with E-state index >= 15 is 0 Å². The lowest BCUT2D eigenvalue weighted by atomic mass is 10.1. The van der Waals surface area contributed by atoms with Crippen LogP contribution in [0.1, 0.15) is 17.8 Å². The normalized spacial score (nSPS) is 24.6. The minimum absolute atomic E-state index is 0.281. The Morgan fingerprint density at radius 1 is 1.69 bits per heavy atom. The first-order chi connectivity index (χ1) is 7.70. The molecular formula is C11H17ClN2OS. The number of halogens is 1. The molecule has 2 N–H and O–H groups in total. The van der Waals surface area contributed by atoms with Gasteiger partial charge in [0.05, 0.1) is 23.1 Å². The number of hydrogen-bond acceptors (Lipinski definition) is 4. The Hall–Kier alpha value is -0.130. The molecule has 1 saturated heterocycles. The van der Waals surface area contributed by atoms with Gasteiger partial charge in [0.25, 0.3) is 0 Å². The fourth-order valence-electron chi connectivity index (χ4n) is 2.08. The molecule has 0 spiro atoms. The summed E-state index contributed by atoms with van der Waals surface area (Å²) in [5.41, 5.74) is 5.87. The van der Waals surface area contributed by atoms with Crippen LogP contribution in [0, 0.1) is 0 Å². The molecule has 0 aliphatic carbocycles. The van der Waals surface area contributed by atoms with E-state index in [-0.39, 0.29) is 6.04 Å². The van der Waals surface area contributed by atoms with E-state index in [4.69, 9.17) is 22.1 Å². The molecule has 16 heavy (non-hydrogen) atoms. The van der Waals surface area contributed by atoms with Gasteiger partial charge in [-0.2, -0.15) is 0 Å². The Kier molecular flexibility index (Phi) is 4.21. The van der Waals surface area contributed by atoms with Crippen LogP contribution in [0.4, 0.5) is 0 Å². The summed E-state index contributed by atoms with van der Waals surface area (Å²) in [7, 11) is 0. The van der Waals surface area contributed by atoms with Crippen molar-refractivity contribution in [2.45, 2.75) is 19.1 Å². The minimum Gasteiger partial charge on any atom is -0.376 e. The van der Waals surface area contributed by atoms with Crippen LogP contribution in [0.25, 0.3) is 0 Å². The summed E-state index contributed by atoms with van der Waals surface area (Å²) >= 11 is 7.58. The Morgan fingerprint density at radius 3 is 3.06 bits per heavy atom. The predicted octanol–water partition coefficient (Wildman–Crippen LogP) is 2.12. The SMILES string of the molecule is CC1CN(C(CN)c2ccc(Cl)s2)CCO1. The van der Waals surface area contributed by atoms with Gasteiger partial charge < -0.3 is 10.5 Å². The van der Waals surface area contributed by atoms with Crippen molar-refractivity contribution in [3.8, 4) is 0 Å². The predicted molar refractivity (Wildman–Crippen MR) is 68.1 cm³/mol. The molecule has 1 fully saturated rings. The first kappa shape index (κ1) is 12.3. The van der Waals surface area contributed by atoms with Crippen molar-refractivity contribution in [1.82, 2.24) is 4.90 Å². The van der Waals surface area contributed by atoms with Crippen molar-refractivity contribution in [3.63, 3.8) is 0 Å². The molecule has 2 unspecified atom stereocenters. The monoisotopic (exact) mass is 260 g/mol. The summed E-state index contributed by atoms with van der Waals surface area (Å²) < 4.78 is 6.37. The van der Waals surface area contributed by atoms with E-state index in [0.717, 1.165) is 24.0 Å². The van der Waals surface area contributed by atoms with Gasteiger partial charge in [-0.1, -0.05) is 11.6 Å². The van der Waals surface area contributed by atoms with Crippen LogP contribution in [0.3, 0.4) is 0 Å². The van der Waals surface area contributed by atoms with Gasteiger partial charge in [-0.05, 0) is 19.1 Å². The molecule has 2 rings (SSSR count). The quantitative estimate of drug-likeness (QED) is 0.905. The maximum absolute atomic E-state index is 5.96. The van der Waals surface area contributed by atoms with Gasteiger partial charge in [-0.15, -0.1) is 11.3 Å². The van der Waals surface area contributed by atoms with Crippen molar-refractivity contribution < 1.29 is 4.74 Å². The topological polar surface area (TPSA) is 38.5 Å². The molecule has 1 aliphatic rings. The molecule has 2 heterocycles. The highest BCUT2D eigenvalue weighted by molar-refractivity contribution is 7.16. The second kappa shape index (κ2) is 5.47. The van der Waals surface area contributed by atoms with Crippen LogP contribution < -0.4 is 5.73 Å². The fourth-order valence-corrected chi connectivity index (χ4v) is 3.29. The molecule has 0 bridgehead atoms. The van der Waals surface area contributed by atoms with Crippen LogP contribution >= 0.6 is 22.9 Å². The van der Waals surface area contributed by atoms with Crippen LogP contribution in [0.5, 0.6) is 0 Å². The molecule has 0 aromatic carbocycles. The van der Waals surface area contributed by atoms with Crippen molar-refractivity contribution in [2.75, 3.05) is 26.2 Å². The minimum atomic E-state index is 0.281. The number of nitrogens with two attached hydrogens (primary N) is 1. The average molecular weight is 261 g/mol. The zero-order valence-corrected chi connectivity index (χ0v) is 10.9. The summed E-state index contributed by atoms with van der Waals surface area (Å²) in [6, 6.07) is 4.29. The molecule has 3 nitrogen and oxygen atoms in total. The largest absolute Gasteiger partial charge is 0.376 e.